The monoisotopic (exact) mass is 364 g/mol. The van der Waals surface area contributed by atoms with E-state index in [1.54, 1.807) is 0 Å². The number of hydrogen-bond donors (Lipinski definition) is 2. The molecule has 1 saturated carbocycles. The minimum Gasteiger partial charge on any atom is -0.462 e. The number of aliphatic hydroxyl groups is 2. The van der Waals surface area contributed by atoms with Crippen molar-refractivity contribution in [3.63, 3.8) is 0 Å². The Hall–Kier alpha value is -1.13. The Kier molecular flexibility index (Phi) is 6.40. The molecule has 1 fully saturated rings. The maximum absolute atomic E-state index is 11.8. The highest BCUT2D eigenvalue weighted by atomic mass is 16.5. The molecule has 0 amide bonds. The summed E-state index contributed by atoms with van der Waals surface area (Å²) in [5, 5.41) is 21.1. The standard InChI is InChI=1S/C22H36O4/c1-14-7-9-22(6)10-8-18(21(4,5)25)20(22)19(26-16(3)23)13-15(2)12-17(24)11-14/h7,9,12,14,17-20,24-25H,8,10-11,13H2,1-6H3/b9-7+,15-12+/t14-,17+,18?,19-,20?,22-/m0/s1. The summed E-state index contributed by atoms with van der Waals surface area (Å²) < 4.78 is 5.79. The summed E-state index contributed by atoms with van der Waals surface area (Å²) in [5.41, 5.74) is 0.0493. The molecule has 0 aromatic rings. The third-order valence-corrected chi connectivity index (χ3v) is 6.23. The van der Waals surface area contributed by atoms with Crippen LogP contribution in [0.1, 0.15) is 67.2 Å². The van der Waals surface area contributed by atoms with Gasteiger partial charge in [-0.05, 0) is 57.3 Å². The Morgan fingerprint density at radius 1 is 1.38 bits per heavy atom. The molecule has 0 aromatic carbocycles. The van der Waals surface area contributed by atoms with Crippen LogP contribution in [0.2, 0.25) is 0 Å². The van der Waals surface area contributed by atoms with Gasteiger partial charge in [0.05, 0.1) is 11.7 Å². The summed E-state index contributed by atoms with van der Waals surface area (Å²) >= 11 is 0. The SMILES string of the molecule is CC(=O)O[C@H]1C/C(C)=C/[C@H](O)C[C@@H](C)/C=C/[C@@]2(C)CCC(C(C)(C)O)C12. The van der Waals surface area contributed by atoms with Crippen molar-refractivity contribution >= 4 is 5.97 Å². The third-order valence-electron chi connectivity index (χ3n) is 6.23. The van der Waals surface area contributed by atoms with E-state index >= 15 is 0 Å². The molecule has 0 aromatic heterocycles. The van der Waals surface area contributed by atoms with Crippen molar-refractivity contribution < 1.29 is 19.7 Å². The molecule has 0 radical (unpaired) electrons. The van der Waals surface area contributed by atoms with E-state index in [2.05, 4.69) is 26.0 Å². The van der Waals surface area contributed by atoms with Gasteiger partial charge in [-0.15, -0.1) is 0 Å². The average molecular weight is 365 g/mol. The van der Waals surface area contributed by atoms with E-state index in [1.165, 1.54) is 6.92 Å². The van der Waals surface area contributed by atoms with Crippen molar-refractivity contribution in [3.05, 3.63) is 23.8 Å². The number of fused-ring (bicyclic) bond motifs is 1. The summed E-state index contributed by atoms with van der Waals surface area (Å²) in [4.78, 5) is 11.8. The molecule has 0 aliphatic heterocycles. The Morgan fingerprint density at radius 3 is 2.62 bits per heavy atom. The molecule has 148 valence electrons. The van der Waals surface area contributed by atoms with E-state index < -0.39 is 11.7 Å². The molecule has 4 heteroatoms. The molecule has 2 aliphatic rings. The van der Waals surface area contributed by atoms with Gasteiger partial charge in [0.1, 0.15) is 6.10 Å². The zero-order valence-corrected chi connectivity index (χ0v) is 17.2. The van der Waals surface area contributed by atoms with Gasteiger partial charge in [0.15, 0.2) is 0 Å². The fourth-order valence-corrected chi connectivity index (χ4v) is 5.02. The Morgan fingerprint density at radius 2 is 2.04 bits per heavy atom. The van der Waals surface area contributed by atoms with Crippen molar-refractivity contribution in [3.8, 4) is 0 Å². The second kappa shape index (κ2) is 7.85. The number of carbonyl (C=O) groups is 1. The summed E-state index contributed by atoms with van der Waals surface area (Å²) in [6.07, 6.45) is 8.65. The number of rotatable bonds is 2. The number of allylic oxidation sites excluding steroid dienone is 2. The highest BCUT2D eigenvalue weighted by Gasteiger charge is 2.53. The van der Waals surface area contributed by atoms with Gasteiger partial charge in [0, 0.05) is 19.3 Å². The van der Waals surface area contributed by atoms with Gasteiger partial charge in [0.2, 0.25) is 0 Å². The van der Waals surface area contributed by atoms with Gasteiger partial charge < -0.3 is 14.9 Å². The Labute approximate surface area is 158 Å². The first-order chi connectivity index (χ1) is 11.9. The fourth-order valence-electron chi connectivity index (χ4n) is 5.02. The zero-order chi connectivity index (χ0) is 19.7. The Balaban J connectivity index is 2.52. The van der Waals surface area contributed by atoms with E-state index in [0.29, 0.717) is 12.8 Å². The van der Waals surface area contributed by atoms with Crippen molar-refractivity contribution in [2.45, 2.75) is 85.0 Å². The molecule has 0 bridgehead atoms. The molecule has 2 unspecified atom stereocenters. The molecule has 2 N–H and O–H groups in total. The smallest absolute Gasteiger partial charge is 0.302 e. The fraction of sp³-hybridized carbons (Fsp3) is 0.773. The predicted octanol–water partition coefficient (Wildman–Crippen LogP) is 4.01. The van der Waals surface area contributed by atoms with E-state index in [4.69, 9.17) is 4.74 Å². The number of carbonyl (C=O) groups excluding carboxylic acids is 1. The summed E-state index contributed by atoms with van der Waals surface area (Å²) in [5.74, 6) is 0.0565. The highest BCUT2D eigenvalue weighted by Crippen LogP contribution is 2.54. The topological polar surface area (TPSA) is 66.8 Å². The van der Waals surface area contributed by atoms with Gasteiger partial charge in [-0.2, -0.15) is 0 Å². The van der Waals surface area contributed by atoms with E-state index in [-0.39, 0.29) is 35.2 Å². The number of esters is 1. The van der Waals surface area contributed by atoms with Crippen molar-refractivity contribution in [2.75, 3.05) is 0 Å². The van der Waals surface area contributed by atoms with Crippen LogP contribution < -0.4 is 0 Å². The lowest BCUT2D eigenvalue weighted by Gasteiger charge is -2.41. The first-order valence-corrected chi connectivity index (χ1v) is 9.86. The quantitative estimate of drug-likeness (QED) is 0.574. The first-order valence-electron chi connectivity index (χ1n) is 9.86. The van der Waals surface area contributed by atoms with Crippen LogP contribution in [0.25, 0.3) is 0 Å². The largest absolute Gasteiger partial charge is 0.462 e. The summed E-state index contributed by atoms with van der Waals surface area (Å²) in [7, 11) is 0. The lowest BCUT2D eigenvalue weighted by Crippen LogP contribution is -2.44. The van der Waals surface area contributed by atoms with Gasteiger partial charge in [-0.1, -0.05) is 37.6 Å². The van der Waals surface area contributed by atoms with E-state index in [9.17, 15) is 15.0 Å². The molecule has 0 spiro atoms. The maximum atomic E-state index is 11.8. The number of aliphatic hydroxyl groups excluding tert-OH is 1. The van der Waals surface area contributed by atoms with Gasteiger partial charge in [0.25, 0.3) is 0 Å². The predicted molar refractivity (Wildman–Crippen MR) is 103 cm³/mol. The van der Waals surface area contributed by atoms with Crippen LogP contribution in [-0.4, -0.2) is 34.0 Å². The van der Waals surface area contributed by atoms with Crippen LogP contribution >= 0.6 is 0 Å². The number of ether oxygens (including phenoxy) is 1. The lowest BCUT2D eigenvalue weighted by molar-refractivity contribution is -0.154. The summed E-state index contributed by atoms with van der Waals surface area (Å²) in [6.45, 7) is 11.5. The van der Waals surface area contributed by atoms with Gasteiger partial charge >= 0.3 is 5.97 Å². The van der Waals surface area contributed by atoms with Crippen LogP contribution in [0.3, 0.4) is 0 Å². The molecular weight excluding hydrogens is 328 g/mol. The highest BCUT2D eigenvalue weighted by molar-refractivity contribution is 5.66. The van der Waals surface area contributed by atoms with Crippen LogP contribution in [0, 0.1) is 23.2 Å². The normalized spacial score (nSPS) is 42.2. The van der Waals surface area contributed by atoms with Crippen LogP contribution in [0.15, 0.2) is 23.8 Å². The van der Waals surface area contributed by atoms with Crippen LogP contribution in [0.4, 0.5) is 0 Å². The van der Waals surface area contributed by atoms with Crippen molar-refractivity contribution in [2.24, 2.45) is 23.2 Å². The number of hydrogen-bond acceptors (Lipinski definition) is 4. The third kappa shape index (κ3) is 4.98. The lowest BCUT2D eigenvalue weighted by atomic mass is 9.68. The zero-order valence-electron chi connectivity index (χ0n) is 17.2. The molecule has 0 heterocycles. The minimum absolute atomic E-state index is 0.0356. The van der Waals surface area contributed by atoms with Crippen molar-refractivity contribution in [1.29, 1.82) is 0 Å². The molecule has 2 rings (SSSR count). The van der Waals surface area contributed by atoms with Crippen LogP contribution in [-0.2, 0) is 9.53 Å². The van der Waals surface area contributed by atoms with Gasteiger partial charge in [-0.25, -0.2) is 0 Å². The molecule has 4 nitrogen and oxygen atoms in total. The van der Waals surface area contributed by atoms with Gasteiger partial charge in [-0.3, -0.25) is 4.79 Å². The molecule has 26 heavy (non-hydrogen) atoms. The molecule has 0 saturated heterocycles. The van der Waals surface area contributed by atoms with E-state index in [1.807, 2.05) is 26.8 Å². The van der Waals surface area contributed by atoms with E-state index in [0.717, 1.165) is 18.4 Å². The second-order valence-corrected chi connectivity index (χ2v) is 9.33. The minimum atomic E-state index is -0.836. The average Bonchev–Trinajstić information content (AvgIpc) is 2.81. The first kappa shape index (κ1) is 21.2. The second-order valence-electron chi connectivity index (χ2n) is 9.33. The van der Waals surface area contributed by atoms with Crippen LogP contribution in [0.5, 0.6) is 0 Å². The maximum Gasteiger partial charge on any atom is 0.302 e. The van der Waals surface area contributed by atoms with Crippen molar-refractivity contribution in [1.82, 2.24) is 0 Å². The molecule has 6 atom stereocenters. The molecule has 2 aliphatic carbocycles. The summed E-state index contributed by atoms with van der Waals surface area (Å²) in [6, 6.07) is 0. The molecular formula is C22H36O4. The Bertz CT molecular complexity index is 571.